The van der Waals surface area contributed by atoms with Gasteiger partial charge in [-0.25, -0.2) is 5.01 Å². The largest absolute Gasteiger partial charge is 0.390 e. The van der Waals surface area contributed by atoms with Crippen molar-refractivity contribution in [1.29, 1.82) is 0 Å². The third-order valence-corrected chi connectivity index (χ3v) is 2.19. The standard InChI is InChI=1S/C9H13F3N2O2/c10-9(11,12)4-1-5-14-8(16)3-2-7(6-15)13-14/h15H,1-6H2. The summed E-state index contributed by atoms with van der Waals surface area (Å²) in [7, 11) is 0. The van der Waals surface area contributed by atoms with Crippen LogP contribution in [0.25, 0.3) is 0 Å². The van der Waals surface area contributed by atoms with E-state index in [0.717, 1.165) is 5.01 Å². The van der Waals surface area contributed by atoms with E-state index in [1.807, 2.05) is 0 Å². The highest BCUT2D eigenvalue weighted by atomic mass is 19.4. The summed E-state index contributed by atoms with van der Waals surface area (Å²) in [5.74, 6) is -0.292. The molecule has 7 heteroatoms. The van der Waals surface area contributed by atoms with Gasteiger partial charge in [0, 0.05) is 19.4 Å². The highest BCUT2D eigenvalue weighted by Crippen LogP contribution is 2.22. The molecule has 16 heavy (non-hydrogen) atoms. The van der Waals surface area contributed by atoms with Gasteiger partial charge in [-0.1, -0.05) is 0 Å². The number of nitrogens with zero attached hydrogens (tertiary/aromatic N) is 2. The minimum absolute atomic E-state index is 0.0537. The van der Waals surface area contributed by atoms with E-state index in [-0.39, 0.29) is 31.9 Å². The Kier molecular flexibility index (Phi) is 4.28. The molecule has 0 fully saturated rings. The molecule has 1 rings (SSSR count). The molecule has 0 saturated heterocycles. The van der Waals surface area contributed by atoms with Crippen LogP contribution >= 0.6 is 0 Å². The lowest BCUT2D eigenvalue weighted by molar-refractivity contribution is -0.140. The first kappa shape index (κ1) is 13.0. The number of hydrazone groups is 1. The number of aliphatic hydroxyl groups excluding tert-OH is 1. The van der Waals surface area contributed by atoms with Crippen LogP contribution in [0.1, 0.15) is 25.7 Å². The Hall–Kier alpha value is -1.11. The molecule has 0 unspecified atom stereocenters. The van der Waals surface area contributed by atoms with E-state index in [2.05, 4.69) is 5.10 Å². The van der Waals surface area contributed by atoms with Crippen molar-refractivity contribution in [2.75, 3.05) is 13.2 Å². The van der Waals surface area contributed by atoms with Gasteiger partial charge in [0.05, 0.1) is 12.3 Å². The van der Waals surface area contributed by atoms with Gasteiger partial charge in [0.2, 0.25) is 5.91 Å². The Morgan fingerprint density at radius 1 is 1.38 bits per heavy atom. The highest BCUT2D eigenvalue weighted by molar-refractivity contribution is 5.93. The van der Waals surface area contributed by atoms with Crippen LogP contribution in [-0.2, 0) is 4.79 Å². The van der Waals surface area contributed by atoms with E-state index in [9.17, 15) is 18.0 Å². The summed E-state index contributed by atoms with van der Waals surface area (Å²) in [5.41, 5.74) is 0.437. The van der Waals surface area contributed by atoms with Crippen LogP contribution in [0.3, 0.4) is 0 Å². The van der Waals surface area contributed by atoms with Gasteiger partial charge in [-0.2, -0.15) is 18.3 Å². The summed E-state index contributed by atoms with van der Waals surface area (Å²) in [6.07, 6.45) is -4.73. The molecular formula is C9H13F3N2O2. The van der Waals surface area contributed by atoms with Crippen molar-refractivity contribution < 1.29 is 23.1 Å². The summed E-state index contributed by atoms with van der Waals surface area (Å²) >= 11 is 0. The average molecular weight is 238 g/mol. The number of carbonyl (C=O) groups excluding carboxylic acids is 1. The Balaban J connectivity index is 2.43. The van der Waals surface area contributed by atoms with Gasteiger partial charge in [-0.15, -0.1) is 0 Å². The topological polar surface area (TPSA) is 52.9 Å². The first-order valence-corrected chi connectivity index (χ1v) is 4.96. The van der Waals surface area contributed by atoms with E-state index in [1.165, 1.54) is 0 Å². The van der Waals surface area contributed by atoms with Crippen molar-refractivity contribution >= 4 is 11.6 Å². The second-order valence-electron chi connectivity index (χ2n) is 3.56. The molecule has 4 nitrogen and oxygen atoms in total. The van der Waals surface area contributed by atoms with Gasteiger partial charge in [0.1, 0.15) is 0 Å². The van der Waals surface area contributed by atoms with Crippen molar-refractivity contribution in [3.63, 3.8) is 0 Å². The van der Waals surface area contributed by atoms with Crippen LogP contribution in [0.5, 0.6) is 0 Å². The first-order chi connectivity index (χ1) is 7.42. The zero-order valence-electron chi connectivity index (χ0n) is 8.63. The van der Waals surface area contributed by atoms with Crippen LogP contribution in [0, 0.1) is 0 Å². The molecule has 0 aromatic rings. The fraction of sp³-hybridized carbons (Fsp3) is 0.778. The summed E-state index contributed by atoms with van der Waals surface area (Å²) < 4.78 is 35.6. The third-order valence-electron chi connectivity index (χ3n) is 2.19. The molecular weight excluding hydrogens is 225 g/mol. The summed E-state index contributed by atoms with van der Waals surface area (Å²) in [6, 6.07) is 0. The zero-order chi connectivity index (χ0) is 12.2. The Bertz CT molecular complexity index is 289. The molecule has 92 valence electrons. The number of alkyl halides is 3. The molecule has 0 spiro atoms. The second-order valence-corrected chi connectivity index (χ2v) is 3.56. The van der Waals surface area contributed by atoms with E-state index in [1.54, 1.807) is 0 Å². The Labute approximate surface area is 90.7 Å². The van der Waals surface area contributed by atoms with Gasteiger partial charge in [0.25, 0.3) is 0 Å². The zero-order valence-corrected chi connectivity index (χ0v) is 8.63. The number of hydrogen-bond acceptors (Lipinski definition) is 3. The lowest BCUT2D eigenvalue weighted by atomic mass is 10.2. The number of rotatable bonds is 4. The molecule has 1 heterocycles. The van der Waals surface area contributed by atoms with Crippen molar-refractivity contribution in [3.05, 3.63) is 0 Å². The smallest absolute Gasteiger partial charge is 0.389 e. The number of hydrogen-bond donors (Lipinski definition) is 1. The molecule has 1 aliphatic rings. The fourth-order valence-corrected chi connectivity index (χ4v) is 1.37. The molecule has 1 N–H and O–H groups in total. The maximum atomic E-state index is 11.9. The fourth-order valence-electron chi connectivity index (χ4n) is 1.37. The molecule has 0 radical (unpaired) electrons. The molecule has 0 atom stereocenters. The second kappa shape index (κ2) is 5.29. The van der Waals surface area contributed by atoms with Crippen LogP contribution in [0.4, 0.5) is 13.2 Å². The summed E-state index contributed by atoms with van der Waals surface area (Å²) in [4.78, 5) is 11.3. The first-order valence-electron chi connectivity index (χ1n) is 4.96. The number of aliphatic hydroxyl groups is 1. The van der Waals surface area contributed by atoms with Gasteiger partial charge < -0.3 is 5.11 Å². The van der Waals surface area contributed by atoms with Crippen LogP contribution in [0.2, 0.25) is 0 Å². The predicted octanol–water partition coefficient (Wildman–Crippen LogP) is 1.30. The molecule has 0 saturated carbocycles. The van der Waals surface area contributed by atoms with Crippen molar-refractivity contribution in [3.8, 4) is 0 Å². The lowest BCUT2D eigenvalue weighted by Crippen LogP contribution is -2.33. The van der Waals surface area contributed by atoms with Gasteiger partial charge in [-0.3, -0.25) is 4.79 Å². The Morgan fingerprint density at radius 2 is 2.06 bits per heavy atom. The van der Waals surface area contributed by atoms with Crippen LogP contribution < -0.4 is 0 Å². The molecule has 0 aromatic heterocycles. The van der Waals surface area contributed by atoms with E-state index in [0.29, 0.717) is 12.1 Å². The van der Waals surface area contributed by atoms with E-state index in [4.69, 9.17) is 5.11 Å². The van der Waals surface area contributed by atoms with Crippen molar-refractivity contribution in [2.24, 2.45) is 5.10 Å². The predicted molar refractivity (Wildman–Crippen MR) is 50.8 cm³/mol. The number of amides is 1. The normalized spacial score (nSPS) is 17.6. The van der Waals surface area contributed by atoms with E-state index < -0.39 is 12.6 Å². The average Bonchev–Trinajstić information content (AvgIpc) is 2.19. The minimum Gasteiger partial charge on any atom is -0.390 e. The molecule has 1 aliphatic heterocycles. The van der Waals surface area contributed by atoms with Crippen molar-refractivity contribution in [2.45, 2.75) is 31.9 Å². The highest BCUT2D eigenvalue weighted by Gasteiger charge is 2.27. The Morgan fingerprint density at radius 3 is 2.62 bits per heavy atom. The van der Waals surface area contributed by atoms with E-state index >= 15 is 0 Å². The maximum absolute atomic E-state index is 11.9. The molecule has 1 amide bonds. The third kappa shape index (κ3) is 4.18. The minimum atomic E-state index is -4.21. The van der Waals surface area contributed by atoms with Gasteiger partial charge in [0.15, 0.2) is 0 Å². The quantitative estimate of drug-likeness (QED) is 0.802. The van der Waals surface area contributed by atoms with Gasteiger partial charge in [-0.05, 0) is 12.8 Å². The SMILES string of the molecule is O=C1CCC(CO)=NN1CCCC(F)(F)F. The van der Waals surface area contributed by atoms with Gasteiger partial charge >= 0.3 is 6.18 Å². The molecule has 0 aliphatic carbocycles. The van der Waals surface area contributed by atoms with Crippen LogP contribution in [-0.4, -0.2) is 41.1 Å². The maximum Gasteiger partial charge on any atom is 0.389 e. The molecule has 0 aromatic carbocycles. The number of carbonyl (C=O) groups is 1. The van der Waals surface area contributed by atoms with Crippen LogP contribution in [0.15, 0.2) is 5.10 Å². The summed E-state index contributed by atoms with van der Waals surface area (Å²) in [5, 5.41) is 13.6. The monoisotopic (exact) mass is 238 g/mol. The number of halogens is 3. The lowest BCUT2D eigenvalue weighted by Gasteiger charge is -2.22. The summed E-state index contributed by atoms with van der Waals surface area (Å²) in [6.45, 7) is -0.315. The molecule has 0 bridgehead atoms. The van der Waals surface area contributed by atoms with Crippen molar-refractivity contribution in [1.82, 2.24) is 5.01 Å².